The Hall–Kier alpha value is -0.910. The Bertz CT molecular complexity index is 399. The maximum Gasteiger partial charge on any atom is 0.245 e. The first-order valence-electron chi connectivity index (χ1n) is 6.90. The second-order valence-electron chi connectivity index (χ2n) is 5.47. The molecule has 0 aromatic carbocycles. The van der Waals surface area contributed by atoms with Crippen molar-refractivity contribution in [1.29, 1.82) is 0 Å². The highest BCUT2D eigenvalue weighted by atomic mass is 32.2. The molecule has 3 atom stereocenters. The van der Waals surface area contributed by atoms with Gasteiger partial charge in [0.2, 0.25) is 11.8 Å². The fraction of sp³-hybridized carbons (Fsp3) is 0.846. The third-order valence-electron chi connectivity index (χ3n) is 3.97. The highest BCUT2D eigenvalue weighted by molar-refractivity contribution is 7.84. The van der Waals surface area contributed by atoms with E-state index in [1.807, 2.05) is 6.92 Å². The second-order valence-corrected chi connectivity index (χ2v) is 6.95. The van der Waals surface area contributed by atoms with Gasteiger partial charge < -0.3 is 9.80 Å². The first-order valence-corrected chi connectivity index (χ1v) is 8.63. The topological polar surface area (TPSA) is 57.7 Å². The van der Waals surface area contributed by atoms with Gasteiger partial charge in [0.1, 0.15) is 6.04 Å². The summed E-state index contributed by atoms with van der Waals surface area (Å²) in [5.41, 5.74) is 0. The highest BCUT2D eigenvalue weighted by Crippen LogP contribution is 2.24. The third kappa shape index (κ3) is 3.16. The van der Waals surface area contributed by atoms with E-state index in [2.05, 4.69) is 0 Å². The summed E-state index contributed by atoms with van der Waals surface area (Å²) >= 11 is 0. The fourth-order valence-electron chi connectivity index (χ4n) is 3.02. The van der Waals surface area contributed by atoms with Gasteiger partial charge in [0, 0.05) is 48.4 Å². The zero-order valence-electron chi connectivity index (χ0n) is 11.6. The molecule has 5 nitrogen and oxygen atoms in total. The summed E-state index contributed by atoms with van der Waals surface area (Å²) in [5, 5.41) is 0. The third-order valence-corrected chi connectivity index (χ3v) is 4.92. The number of hydrogen-bond acceptors (Lipinski definition) is 3. The summed E-state index contributed by atoms with van der Waals surface area (Å²) < 4.78 is 11.3. The summed E-state index contributed by atoms with van der Waals surface area (Å²) in [5.74, 6) is 0.612. The van der Waals surface area contributed by atoms with Crippen molar-refractivity contribution in [3.8, 4) is 0 Å². The van der Waals surface area contributed by atoms with Crippen LogP contribution in [-0.4, -0.2) is 63.0 Å². The van der Waals surface area contributed by atoms with Crippen LogP contribution in [0.3, 0.4) is 0 Å². The van der Waals surface area contributed by atoms with Crippen LogP contribution in [0.1, 0.15) is 32.6 Å². The lowest BCUT2D eigenvalue weighted by Crippen LogP contribution is -2.52. The molecule has 2 heterocycles. The molecule has 0 aromatic rings. The summed E-state index contributed by atoms with van der Waals surface area (Å²) in [4.78, 5) is 28.2. The maximum absolute atomic E-state index is 12.6. The Morgan fingerprint density at radius 3 is 2.74 bits per heavy atom. The smallest absolute Gasteiger partial charge is 0.245 e. The van der Waals surface area contributed by atoms with Gasteiger partial charge in [0.25, 0.3) is 0 Å². The van der Waals surface area contributed by atoms with Gasteiger partial charge in [-0.15, -0.1) is 0 Å². The summed E-state index contributed by atoms with van der Waals surface area (Å²) in [6.07, 6.45) is 4.80. The molecule has 2 amide bonds. The van der Waals surface area contributed by atoms with E-state index in [-0.39, 0.29) is 23.9 Å². The van der Waals surface area contributed by atoms with Gasteiger partial charge in [-0.05, 0) is 26.2 Å². The first kappa shape index (κ1) is 14.5. The van der Waals surface area contributed by atoms with E-state index in [0.717, 1.165) is 19.3 Å². The van der Waals surface area contributed by atoms with E-state index in [4.69, 9.17) is 0 Å². The van der Waals surface area contributed by atoms with Crippen molar-refractivity contribution in [3.63, 3.8) is 0 Å². The largest absolute Gasteiger partial charge is 0.337 e. The lowest BCUT2D eigenvalue weighted by molar-refractivity contribution is -0.143. The van der Waals surface area contributed by atoms with Crippen molar-refractivity contribution in [2.75, 3.05) is 25.1 Å². The summed E-state index contributed by atoms with van der Waals surface area (Å²) in [6, 6.07) is -0.343. The molecule has 108 valence electrons. The van der Waals surface area contributed by atoms with E-state index in [1.54, 1.807) is 16.1 Å². The average molecular weight is 286 g/mol. The highest BCUT2D eigenvalue weighted by Gasteiger charge is 2.39. The molecule has 3 unspecified atom stereocenters. The zero-order chi connectivity index (χ0) is 14.0. The van der Waals surface area contributed by atoms with Gasteiger partial charge in [-0.2, -0.15) is 0 Å². The van der Waals surface area contributed by atoms with Crippen LogP contribution in [0.25, 0.3) is 0 Å². The van der Waals surface area contributed by atoms with Crippen LogP contribution in [0.2, 0.25) is 0 Å². The van der Waals surface area contributed by atoms with E-state index < -0.39 is 10.8 Å². The number of carbonyl (C=O) groups is 2. The van der Waals surface area contributed by atoms with Crippen molar-refractivity contribution in [1.82, 2.24) is 9.80 Å². The van der Waals surface area contributed by atoms with Gasteiger partial charge in [-0.1, -0.05) is 0 Å². The van der Waals surface area contributed by atoms with Crippen molar-refractivity contribution < 1.29 is 13.8 Å². The molecule has 2 aliphatic rings. The van der Waals surface area contributed by atoms with Crippen LogP contribution in [0, 0.1) is 0 Å². The second kappa shape index (κ2) is 6.03. The molecule has 2 rings (SSSR count). The van der Waals surface area contributed by atoms with Crippen LogP contribution >= 0.6 is 0 Å². The molecule has 0 spiro atoms. The lowest BCUT2D eigenvalue weighted by atomic mass is 10.0. The Kier molecular flexibility index (Phi) is 4.60. The van der Waals surface area contributed by atoms with Crippen LogP contribution < -0.4 is 0 Å². The predicted molar refractivity (Wildman–Crippen MR) is 74.1 cm³/mol. The van der Waals surface area contributed by atoms with Crippen LogP contribution in [0.5, 0.6) is 0 Å². The number of amides is 2. The molecule has 0 aliphatic carbocycles. The molecular formula is C13H22N2O3S. The number of rotatable bonds is 3. The van der Waals surface area contributed by atoms with E-state index >= 15 is 0 Å². The number of fused-ring (bicyclic) bond motifs is 1. The van der Waals surface area contributed by atoms with Crippen molar-refractivity contribution in [3.05, 3.63) is 0 Å². The molecule has 2 aliphatic heterocycles. The number of nitrogens with zero attached hydrogens (tertiary/aromatic N) is 2. The van der Waals surface area contributed by atoms with Crippen molar-refractivity contribution in [2.45, 2.75) is 44.7 Å². The molecular weight excluding hydrogens is 264 g/mol. The van der Waals surface area contributed by atoms with Gasteiger partial charge in [-0.3, -0.25) is 13.8 Å². The lowest BCUT2D eigenvalue weighted by Gasteiger charge is -2.35. The molecule has 2 fully saturated rings. The van der Waals surface area contributed by atoms with Crippen LogP contribution in [-0.2, 0) is 20.4 Å². The minimum absolute atomic E-state index is 0.0449. The van der Waals surface area contributed by atoms with Gasteiger partial charge in [-0.25, -0.2) is 0 Å². The summed E-state index contributed by atoms with van der Waals surface area (Å²) in [7, 11) is -0.929. The zero-order valence-corrected chi connectivity index (χ0v) is 12.4. The average Bonchev–Trinajstić information content (AvgIpc) is 2.48. The minimum atomic E-state index is -0.929. The molecule has 0 radical (unpaired) electrons. The van der Waals surface area contributed by atoms with E-state index in [1.165, 1.54) is 0 Å². The van der Waals surface area contributed by atoms with Crippen LogP contribution in [0.15, 0.2) is 0 Å². The predicted octanol–water partition coefficient (Wildman–Crippen LogP) is 0.367. The van der Waals surface area contributed by atoms with Crippen molar-refractivity contribution >= 4 is 22.6 Å². The van der Waals surface area contributed by atoms with E-state index in [0.29, 0.717) is 25.3 Å². The first-order chi connectivity index (χ1) is 9.00. The molecule has 6 heteroatoms. The molecule has 0 aromatic heterocycles. The Labute approximate surface area is 116 Å². The van der Waals surface area contributed by atoms with Gasteiger partial charge in [0.05, 0.1) is 0 Å². The molecule has 0 N–H and O–H groups in total. The van der Waals surface area contributed by atoms with Crippen LogP contribution in [0.4, 0.5) is 0 Å². The number of hydrogen-bond donors (Lipinski definition) is 0. The Balaban J connectivity index is 2.15. The number of carbonyl (C=O) groups excluding carboxylic acids is 2. The SMILES string of the molecule is CC(CS(C)=O)N1CCC(=O)N2CCCCC2C1=O. The molecule has 0 bridgehead atoms. The van der Waals surface area contributed by atoms with Gasteiger partial charge in [0.15, 0.2) is 0 Å². The Morgan fingerprint density at radius 1 is 1.32 bits per heavy atom. The fourth-order valence-corrected chi connectivity index (χ4v) is 3.87. The normalized spacial score (nSPS) is 27.8. The molecule has 2 saturated heterocycles. The standard InChI is InChI=1S/C13H22N2O3S/c1-10(9-19(2)18)14-8-6-12(16)15-7-4-3-5-11(15)13(14)17/h10-11H,3-9H2,1-2H3. The number of piperidine rings is 1. The van der Waals surface area contributed by atoms with Gasteiger partial charge >= 0.3 is 0 Å². The maximum atomic E-state index is 12.6. The molecule has 0 saturated carbocycles. The minimum Gasteiger partial charge on any atom is -0.337 e. The Morgan fingerprint density at radius 2 is 2.05 bits per heavy atom. The van der Waals surface area contributed by atoms with E-state index in [9.17, 15) is 13.8 Å². The van der Waals surface area contributed by atoms with Crippen molar-refractivity contribution in [2.24, 2.45) is 0 Å². The summed E-state index contributed by atoms with van der Waals surface area (Å²) in [6.45, 7) is 3.09. The monoisotopic (exact) mass is 286 g/mol. The molecule has 19 heavy (non-hydrogen) atoms. The quantitative estimate of drug-likeness (QED) is 0.753.